The maximum atomic E-state index is 5.91. The number of furan rings is 1. The highest BCUT2D eigenvalue weighted by Crippen LogP contribution is 2.35. The molecule has 18 heavy (non-hydrogen) atoms. The Labute approximate surface area is 112 Å². The van der Waals surface area contributed by atoms with Gasteiger partial charge in [-0.2, -0.15) is 0 Å². The van der Waals surface area contributed by atoms with Gasteiger partial charge in [0, 0.05) is 15.2 Å². The van der Waals surface area contributed by atoms with Crippen LogP contribution in [0, 0.1) is 0 Å². The van der Waals surface area contributed by atoms with Crippen LogP contribution < -0.4 is 0 Å². The second-order valence-electron chi connectivity index (χ2n) is 4.40. The Hall–Kier alpha value is -1.80. The molecule has 0 saturated heterocycles. The zero-order chi connectivity index (χ0) is 12.1. The first-order valence-corrected chi connectivity index (χ1v) is 6.62. The summed E-state index contributed by atoms with van der Waals surface area (Å²) in [5.74, 6) is 0. The summed E-state index contributed by atoms with van der Waals surface area (Å²) in [6.45, 7) is 0. The highest BCUT2D eigenvalue weighted by Gasteiger charge is 2.09. The average molecular weight is 297 g/mol. The number of hydrogen-bond donors (Lipinski definition) is 0. The van der Waals surface area contributed by atoms with Crippen molar-refractivity contribution in [2.75, 3.05) is 0 Å². The minimum absolute atomic E-state index is 0.927. The minimum Gasteiger partial charge on any atom is -0.456 e. The Bertz CT molecular complexity index is 889. The molecule has 86 valence electrons. The van der Waals surface area contributed by atoms with Crippen LogP contribution in [0.3, 0.4) is 0 Å². The molecule has 0 amide bonds. The van der Waals surface area contributed by atoms with Crippen LogP contribution in [0.1, 0.15) is 0 Å². The van der Waals surface area contributed by atoms with Crippen molar-refractivity contribution in [1.29, 1.82) is 0 Å². The summed E-state index contributed by atoms with van der Waals surface area (Å²) in [4.78, 5) is 0. The Morgan fingerprint density at radius 1 is 0.778 bits per heavy atom. The van der Waals surface area contributed by atoms with E-state index in [1.54, 1.807) is 0 Å². The first kappa shape index (κ1) is 10.2. The van der Waals surface area contributed by atoms with Crippen molar-refractivity contribution in [2.24, 2.45) is 0 Å². The van der Waals surface area contributed by atoms with Crippen molar-refractivity contribution < 1.29 is 4.42 Å². The van der Waals surface area contributed by atoms with Crippen LogP contribution in [0.4, 0.5) is 0 Å². The van der Waals surface area contributed by atoms with Gasteiger partial charge in [0.15, 0.2) is 0 Å². The summed E-state index contributed by atoms with van der Waals surface area (Å²) in [6, 6.07) is 18.7. The Morgan fingerprint density at radius 3 is 2.61 bits per heavy atom. The lowest BCUT2D eigenvalue weighted by molar-refractivity contribution is 0.669. The van der Waals surface area contributed by atoms with Gasteiger partial charge in [0.2, 0.25) is 0 Å². The maximum absolute atomic E-state index is 5.91. The molecule has 0 radical (unpaired) electrons. The first-order valence-electron chi connectivity index (χ1n) is 5.82. The summed E-state index contributed by atoms with van der Waals surface area (Å²) in [6.07, 6.45) is 0. The van der Waals surface area contributed by atoms with E-state index in [-0.39, 0.29) is 0 Å². The monoisotopic (exact) mass is 296 g/mol. The van der Waals surface area contributed by atoms with Crippen molar-refractivity contribution in [3.8, 4) is 0 Å². The van der Waals surface area contributed by atoms with E-state index in [0.717, 1.165) is 15.6 Å². The molecular formula is C16H9BrO. The molecule has 0 saturated carbocycles. The second kappa shape index (κ2) is 3.59. The predicted molar refractivity (Wildman–Crippen MR) is 78.9 cm³/mol. The second-order valence-corrected chi connectivity index (χ2v) is 5.32. The lowest BCUT2D eigenvalue weighted by Gasteiger charge is -1.98. The van der Waals surface area contributed by atoms with E-state index in [9.17, 15) is 0 Å². The molecule has 1 nitrogen and oxygen atoms in total. The zero-order valence-corrected chi connectivity index (χ0v) is 11.1. The van der Waals surface area contributed by atoms with Gasteiger partial charge in [0.1, 0.15) is 11.2 Å². The summed E-state index contributed by atoms with van der Waals surface area (Å²) in [7, 11) is 0. The van der Waals surface area contributed by atoms with Crippen LogP contribution >= 0.6 is 15.9 Å². The molecule has 0 spiro atoms. The molecule has 4 rings (SSSR count). The SMILES string of the molecule is Brc1ccc2c(c1)oc1ccc3ccccc3c12. The van der Waals surface area contributed by atoms with E-state index in [2.05, 4.69) is 58.4 Å². The smallest absolute Gasteiger partial charge is 0.136 e. The third kappa shape index (κ3) is 1.33. The molecule has 0 aliphatic carbocycles. The largest absolute Gasteiger partial charge is 0.456 e. The first-order chi connectivity index (χ1) is 8.83. The lowest BCUT2D eigenvalue weighted by atomic mass is 10.0. The van der Waals surface area contributed by atoms with Gasteiger partial charge in [-0.3, -0.25) is 0 Å². The van der Waals surface area contributed by atoms with E-state index >= 15 is 0 Å². The number of hydrogen-bond acceptors (Lipinski definition) is 1. The minimum atomic E-state index is 0.927. The maximum Gasteiger partial charge on any atom is 0.136 e. The Balaban J connectivity index is 2.33. The van der Waals surface area contributed by atoms with E-state index < -0.39 is 0 Å². The van der Waals surface area contributed by atoms with Gasteiger partial charge in [0.05, 0.1) is 0 Å². The molecule has 1 heterocycles. The van der Waals surface area contributed by atoms with Gasteiger partial charge in [-0.1, -0.05) is 46.3 Å². The Morgan fingerprint density at radius 2 is 1.67 bits per heavy atom. The average Bonchev–Trinajstić information content (AvgIpc) is 2.76. The molecule has 0 fully saturated rings. The Kier molecular flexibility index (Phi) is 2.03. The normalized spacial score (nSPS) is 11.6. The van der Waals surface area contributed by atoms with Crippen molar-refractivity contribution in [3.63, 3.8) is 0 Å². The molecule has 0 N–H and O–H groups in total. The quantitative estimate of drug-likeness (QED) is 0.417. The molecule has 4 aromatic rings. The van der Waals surface area contributed by atoms with Gasteiger partial charge in [-0.15, -0.1) is 0 Å². The molecule has 3 aromatic carbocycles. The van der Waals surface area contributed by atoms with Crippen LogP contribution in [0.15, 0.2) is 63.5 Å². The molecule has 2 heteroatoms. The summed E-state index contributed by atoms with van der Waals surface area (Å²) in [5.41, 5.74) is 1.87. The molecule has 0 atom stereocenters. The van der Waals surface area contributed by atoms with E-state index in [0.29, 0.717) is 0 Å². The predicted octanol–water partition coefficient (Wildman–Crippen LogP) is 5.50. The molecule has 0 bridgehead atoms. The van der Waals surface area contributed by atoms with E-state index in [4.69, 9.17) is 4.42 Å². The van der Waals surface area contributed by atoms with Gasteiger partial charge in [-0.25, -0.2) is 0 Å². The van der Waals surface area contributed by atoms with Crippen molar-refractivity contribution in [2.45, 2.75) is 0 Å². The summed E-state index contributed by atoms with van der Waals surface area (Å²) >= 11 is 3.48. The topological polar surface area (TPSA) is 13.1 Å². The number of fused-ring (bicyclic) bond motifs is 5. The molecule has 0 aliphatic rings. The van der Waals surface area contributed by atoms with Crippen LogP contribution in [0.25, 0.3) is 32.7 Å². The van der Waals surface area contributed by atoms with E-state index in [1.807, 2.05) is 12.1 Å². The third-order valence-corrected chi connectivity index (χ3v) is 3.82. The molecule has 0 aliphatic heterocycles. The fourth-order valence-electron chi connectivity index (χ4n) is 2.52. The number of benzene rings is 3. The van der Waals surface area contributed by atoms with Crippen LogP contribution in [0.5, 0.6) is 0 Å². The van der Waals surface area contributed by atoms with Crippen molar-refractivity contribution in [3.05, 3.63) is 59.1 Å². The van der Waals surface area contributed by atoms with Crippen LogP contribution in [0.2, 0.25) is 0 Å². The highest BCUT2D eigenvalue weighted by molar-refractivity contribution is 9.10. The molecular weight excluding hydrogens is 288 g/mol. The fourth-order valence-corrected chi connectivity index (χ4v) is 2.86. The molecule has 1 aromatic heterocycles. The number of rotatable bonds is 0. The molecule has 0 unspecified atom stereocenters. The highest BCUT2D eigenvalue weighted by atomic mass is 79.9. The standard InChI is InChI=1S/C16H9BrO/c17-11-6-7-13-15(9-11)18-14-8-5-10-3-1-2-4-12(10)16(13)14/h1-9H. The lowest BCUT2D eigenvalue weighted by Crippen LogP contribution is -1.73. The van der Waals surface area contributed by atoms with Crippen molar-refractivity contribution >= 4 is 48.6 Å². The van der Waals surface area contributed by atoms with Crippen molar-refractivity contribution in [1.82, 2.24) is 0 Å². The van der Waals surface area contributed by atoms with Gasteiger partial charge in [0.25, 0.3) is 0 Å². The van der Waals surface area contributed by atoms with Gasteiger partial charge >= 0.3 is 0 Å². The van der Waals surface area contributed by atoms with Crippen LogP contribution in [-0.2, 0) is 0 Å². The third-order valence-electron chi connectivity index (χ3n) is 3.32. The summed E-state index contributed by atoms with van der Waals surface area (Å²) in [5, 5.41) is 4.87. The van der Waals surface area contributed by atoms with E-state index in [1.165, 1.54) is 21.5 Å². The number of halogens is 1. The van der Waals surface area contributed by atoms with Crippen LogP contribution in [-0.4, -0.2) is 0 Å². The fraction of sp³-hybridized carbons (Fsp3) is 0. The van der Waals surface area contributed by atoms with Gasteiger partial charge in [-0.05, 0) is 35.0 Å². The van der Waals surface area contributed by atoms with Gasteiger partial charge < -0.3 is 4.42 Å². The zero-order valence-electron chi connectivity index (χ0n) is 9.48. The summed E-state index contributed by atoms with van der Waals surface area (Å²) < 4.78 is 6.95.